The second kappa shape index (κ2) is 4.86. The highest BCUT2D eigenvalue weighted by atomic mass is 16.3. The van der Waals surface area contributed by atoms with E-state index in [0.717, 1.165) is 12.8 Å². The predicted molar refractivity (Wildman–Crippen MR) is 54.2 cm³/mol. The molecule has 1 heteroatoms. The quantitative estimate of drug-likeness (QED) is 0.690. The van der Waals surface area contributed by atoms with E-state index in [9.17, 15) is 5.11 Å². The number of hydrogen-bond acceptors (Lipinski definition) is 1. The molecule has 0 heterocycles. The highest BCUT2D eigenvalue weighted by Gasteiger charge is 2.17. The molecule has 0 bridgehead atoms. The van der Waals surface area contributed by atoms with Crippen molar-refractivity contribution in [1.29, 1.82) is 0 Å². The van der Waals surface area contributed by atoms with Crippen LogP contribution in [0.4, 0.5) is 0 Å². The van der Waals surface area contributed by atoms with Crippen LogP contribution in [0.25, 0.3) is 0 Å². The van der Waals surface area contributed by atoms with E-state index in [1.54, 1.807) is 0 Å². The van der Waals surface area contributed by atoms with Crippen molar-refractivity contribution in [2.24, 2.45) is 11.3 Å². The van der Waals surface area contributed by atoms with Crippen molar-refractivity contribution in [1.82, 2.24) is 0 Å². The van der Waals surface area contributed by atoms with E-state index in [1.807, 2.05) is 0 Å². The van der Waals surface area contributed by atoms with Gasteiger partial charge >= 0.3 is 0 Å². The lowest BCUT2D eigenvalue weighted by atomic mass is 9.86. The zero-order valence-electron chi connectivity index (χ0n) is 9.22. The van der Waals surface area contributed by atoms with Gasteiger partial charge in [-0.1, -0.05) is 41.0 Å². The normalized spacial score (nSPS) is 17.5. The molecule has 0 saturated carbocycles. The van der Waals surface area contributed by atoms with Crippen LogP contribution >= 0.6 is 0 Å². The topological polar surface area (TPSA) is 20.2 Å². The lowest BCUT2D eigenvalue weighted by Gasteiger charge is -2.23. The Balaban J connectivity index is 3.66. The van der Waals surface area contributed by atoms with Crippen LogP contribution in [0.3, 0.4) is 0 Å². The van der Waals surface area contributed by atoms with E-state index in [0.29, 0.717) is 5.92 Å². The van der Waals surface area contributed by atoms with Gasteiger partial charge < -0.3 is 5.11 Å². The predicted octanol–water partition coefficient (Wildman–Crippen LogP) is 3.22. The molecule has 0 radical (unpaired) electrons. The fourth-order valence-corrected chi connectivity index (χ4v) is 1.42. The Hall–Kier alpha value is -0.0400. The van der Waals surface area contributed by atoms with E-state index in [1.165, 1.54) is 6.42 Å². The molecule has 0 aliphatic rings. The van der Waals surface area contributed by atoms with Gasteiger partial charge in [0.05, 0.1) is 6.10 Å². The molecule has 0 aromatic carbocycles. The van der Waals surface area contributed by atoms with Crippen LogP contribution < -0.4 is 0 Å². The maximum absolute atomic E-state index is 9.69. The summed E-state index contributed by atoms with van der Waals surface area (Å²) in [5.41, 5.74) is 0.257. The van der Waals surface area contributed by atoms with Crippen LogP contribution in [0, 0.1) is 11.3 Å². The fraction of sp³-hybridized carbons (Fsp3) is 1.00. The molecule has 74 valence electrons. The summed E-state index contributed by atoms with van der Waals surface area (Å²) in [6.07, 6.45) is 2.92. The molecular formula is C11H24O. The second-order valence-electron chi connectivity index (χ2n) is 5.17. The zero-order chi connectivity index (χ0) is 9.78. The smallest absolute Gasteiger partial charge is 0.0547 e. The summed E-state index contributed by atoms with van der Waals surface area (Å²) in [6, 6.07) is 0. The molecular weight excluding hydrogens is 148 g/mol. The Morgan fingerprint density at radius 2 is 1.75 bits per heavy atom. The summed E-state index contributed by atoms with van der Waals surface area (Å²) in [6.45, 7) is 10.9. The van der Waals surface area contributed by atoms with Gasteiger partial charge in [0.1, 0.15) is 0 Å². The average Bonchev–Trinajstić information content (AvgIpc) is 1.82. The Bertz CT molecular complexity index is 113. The molecule has 0 fully saturated rings. The lowest BCUT2D eigenvalue weighted by Crippen LogP contribution is -2.19. The minimum absolute atomic E-state index is 0.111. The van der Waals surface area contributed by atoms with Crippen molar-refractivity contribution in [3.63, 3.8) is 0 Å². The molecule has 1 N–H and O–H groups in total. The van der Waals surface area contributed by atoms with Crippen LogP contribution in [-0.4, -0.2) is 11.2 Å². The van der Waals surface area contributed by atoms with Crippen molar-refractivity contribution in [2.45, 2.75) is 60.0 Å². The summed E-state index contributed by atoms with van der Waals surface area (Å²) in [5, 5.41) is 9.69. The van der Waals surface area contributed by atoms with Gasteiger partial charge in [-0.15, -0.1) is 0 Å². The van der Waals surface area contributed by atoms with Crippen molar-refractivity contribution in [3.8, 4) is 0 Å². The molecule has 0 aliphatic carbocycles. The summed E-state index contributed by atoms with van der Waals surface area (Å²) >= 11 is 0. The standard InChI is InChI=1S/C11H24O/c1-6-9(2)7-10(12)8-11(3,4)5/h9-10,12H,6-8H2,1-5H3. The van der Waals surface area contributed by atoms with Crippen LogP contribution in [0.15, 0.2) is 0 Å². The molecule has 12 heavy (non-hydrogen) atoms. The van der Waals surface area contributed by atoms with E-state index < -0.39 is 0 Å². The number of rotatable bonds is 4. The SMILES string of the molecule is CCC(C)CC(O)CC(C)(C)C. The third-order valence-corrected chi connectivity index (χ3v) is 2.22. The second-order valence-corrected chi connectivity index (χ2v) is 5.17. The van der Waals surface area contributed by atoms with Gasteiger partial charge in [0, 0.05) is 0 Å². The van der Waals surface area contributed by atoms with Gasteiger partial charge in [-0.3, -0.25) is 0 Å². The molecule has 0 amide bonds. The van der Waals surface area contributed by atoms with Crippen molar-refractivity contribution in [2.75, 3.05) is 0 Å². The Morgan fingerprint density at radius 1 is 1.25 bits per heavy atom. The summed E-state index contributed by atoms with van der Waals surface area (Å²) in [5.74, 6) is 0.655. The first-order valence-electron chi connectivity index (χ1n) is 5.03. The molecule has 0 aliphatic heterocycles. The summed E-state index contributed by atoms with van der Waals surface area (Å²) in [7, 11) is 0. The third kappa shape index (κ3) is 6.66. The first-order chi connectivity index (χ1) is 5.35. The van der Waals surface area contributed by atoms with Gasteiger partial charge in [0.25, 0.3) is 0 Å². The highest BCUT2D eigenvalue weighted by molar-refractivity contribution is 4.69. The van der Waals surface area contributed by atoms with Crippen LogP contribution in [0.2, 0.25) is 0 Å². The molecule has 0 spiro atoms. The monoisotopic (exact) mass is 172 g/mol. The van der Waals surface area contributed by atoms with E-state index in [2.05, 4.69) is 34.6 Å². The third-order valence-electron chi connectivity index (χ3n) is 2.22. The maximum Gasteiger partial charge on any atom is 0.0547 e. The molecule has 2 atom stereocenters. The van der Waals surface area contributed by atoms with Gasteiger partial charge in [0.2, 0.25) is 0 Å². The van der Waals surface area contributed by atoms with Gasteiger partial charge in [0.15, 0.2) is 0 Å². The van der Waals surface area contributed by atoms with E-state index in [4.69, 9.17) is 0 Å². The summed E-state index contributed by atoms with van der Waals surface area (Å²) in [4.78, 5) is 0. The lowest BCUT2D eigenvalue weighted by molar-refractivity contribution is 0.0979. The number of aliphatic hydroxyl groups is 1. The minimum atomic E-state index is -0.111. The summed E-state index contributed by atoms with van der Waals surface area (Å²) < 4.78 is 0. The van der Waals surface area contributed by atoms with Crippen LogP contribution in [0.1, 0.15) is 53.9 Å². The highest BCUT2D eigenvalue weighted by Crippen LogP contribution is 2.24. The molecule has 0 rings (SSSR count). The Morgan fingerprint density at radius 3 is 2.08 bits per heavy atom. The van der Waals surface area contributed by atoms with Gasteiger partial charge in [-0.05, 0) is 24.2 Å². The number of hydrogen-bond donors (Lipinski definition) is 1. The maximum atomic E-state index is 9.69. The minimum Gasteiger partial charge on any atom is -0.393 e. The molecule has 0 aromatic rings. The average molecular weight is 172 g/mol. The van der Waals surface area contributed by atoms with Crippen LogP contribution in [-0.2, 0) is 0 Å². The molecule has 0 aromatic heterocycles. The first-order valence-corrected chi connectivity index (χ1v) is 5.03. The van der Waals surface area contributed by atoms with E-state index in [-0.39, 0.29) is 11.5 Å². The molecule has 0 saturated heterocycles. The van der Waals surface area contributed by atoms with Crippen molar-refractivity contribution >= 4 is 0 Å². The Kier molecular flexibility index (Phi) is 4.84. The van der Waals surface area contributed by atoms with Gasteiger partial charge in [-0.2, -0.15) is 0 Å². The fourth-order valence-electron chi connectivity index (χ4n) is 1.42. The van der Waals surface area contributed by atoms with Gasteiger partial charge in [-0.25, -0.2) is 0 Å². The molecule has 2 unspecified atom stereocenters. The van der Waals surface area contributed by atoms with E-state index >= 15 is 0 Å². The largest absolute Gasteiger partial charge is 0.393 e. The zero-order valence-corrected chi connectivity index (χ0v) is 9.22. The van der Waals surface area contributed by atoms with Crippen LogP contribution in [0.5, 0.6) is 0 Å². The molecule has 1 nitrogen and oxygen atoms in total. The van der Waals surface area contributed by atoms with Crippen molar-refractivity contribution in [3.05, 3.63) is 0 Å². The van der Waals surface area contributed by atoms with Crippen molar-refractivity contribution < 1.29 is 5.11 Å². The Labute approximate surface area is 77.2 Å². The number of aliphatic hydroxyl groups excluding tert-OH is 1. The first kappa shape index (κ1) is 12.0.